The zero-order valence-corrected chi connectivity index (χ0v) is 11.5. The van der Waals surface area contributed by atoms with Crippen molar-refractivity contribution in [3.8, 4) is 10.6 Å². The fourth-order valence-corrected chi connectivity index (χ4v) is 2.67. The third-order valence-corrected chi connectivity index (χ3v) is 3.80. The van der Waals surface area contributed by atoms with Crippen molar-refractivity contribution in [2.75, 3.05) is 0 Å². The number of hydrogen-bond acceptors (Lipinski definition) is 4. The lowest BCUT2D eigenvalue weighted by molar-refractivity contribution is 0.560. The van der Waals surface area contributed by atoms with Gasteiger partial charge in [-0.25, -0.2) is 9.37 Å². The van der Waals surface area contributed by atoms with Gasteiger partial charge in [-0.3, -0.25) is 0 Å². The van der Waals surface area contributed by atoms with Gasteiger partial charge in [0.25, 0.3) is 0 Å². The quantitative estimate of drug-likeness (QED) is 0.775. The Hall–Kier alpha value is -1.98. The Kier molecular flexibility index (Phi) is 3.90. The number of halogens is 1. The second-order valence-electron chi connectivity index (χ2n) is 4.39. The SMILES string of the molecule is Fc1ccc(-c2nc(CNCc3ccoc3)cs2)cc1. The Morgan fingerprint density at radius 3 is 2.75 bits per heavy atom. The lowest BCUT2D eigenvalue weighted by Gasteiger charge is -1.99. The molecule has 2 heterocycles. The van der Waals surface area contributed by atoms with E-state index in [1.54, 1.807) is 36.0 Å². The molecule has 0 saturated heterocycles. The van der Waals surface area contributed by atoms with Crippen LogP contribution in [0, 0.1) is 5.82 Å². The van der Waals surface area contributed by atoms with Crippen molar-refractivity contribution in [3.63, 3.8) is 0 Å². The molecule has 3 rings (SSSR count). The largest absolute Gasteiger partial charge is 0.472 e. The van der Waals surface area contributed by atoms with E-state index in [0.29, 0.717) is 6.54 Å². The van der Waals surface area contributed by atoms with Crippen molar-refractivity contribution < 1.29 is 8.81 Å². The lowest BCUT2D eigenvalue weighted by atomic mass is 10.2. The first-order chi connectivity index (χ1) is 9.81. The maximum absolute atomic E-state index is 12.9. The summed E-state index contributed by atoms with van der Waals surface area (Å²) >= 11 is 1.56. The number of thiazole rings is 1. The van der Waals surface area contributed by atoms with Crippen LogP contribution in [0.1, 0.15) is 11.3 Å². The number of nitrogens with zero attached hydrogens (tertiary/aromatic N) is 1. The van der Waals surface area contributed by atoms with E-state index in [1.807, 2.05) is 11.4 Å². The molecule has 20 heavy (non-hydrogen) atoms. The Bertz CT molecular complexity index is 662. The Labute approximate surface area is 120 Å². The molecule has 0 unspecified atom stereocenters. The minimum Gasteiger partial charge on any atom is -0.472 e. The van der Waals surface area contributed by atoms with Gasteiger partial charge in [0.2, 0.25) is 0 Å². The fourth-order valence-electron chi connectivity index (χ4n) is 1.84. The number of hydrogen-bond donors (Lipinski definition) is 1. The summed E-state index contributed by atoms with van der Waals surface area (Å²) in [5, 5.41) is 6.22. The lowest BCUT2D eigenvalue weighted by Crippen LogP contribution is -2.12. The highest BCUT2D eigenvalue weighted by Gasteiger charge is 2.05. The topological polar surface area (TPSA) is 38.1 Å². The second kappa shape index (κ2) is 5.98. The molecule has 1 aromatic carbocycles. The smallest absolute Gasteiger partial charge is 0.123 e. The van der Waals surface area contributed by atoms with Crippen LogP contribution in [0.15, 0.2) is 52.7 Å². The normalized spacial score (nSPS) is 10.8. The van der Waals surface area contributed by atoms with Crippen LogP contribution >= 0.6 is 11.3 Å². The monoisotopic (exact) mass is 288 g/mol. The van der Waals surface area contributed by atoms with Gasteiger partial charge in [0.15, 0.2) is 0 Å². The third-order valence-electron chi connectivity index (χ3n) is 2.86. The van der Waals surface area contributed by atoms with E-state index >= 15 is 0 Å². The number of furan rings is 1. The third kappa shape index (κ3) is 3.12. The first kappa shape index (κ1) is 13.0. The van der Waals surface area contributed by atoms with Gasteiger partial charge in [0, 0.05) is 29.6 Å². The molecule has 0 fully saturated rings. The zero-order valence-electron chi connectivity index (χ0n) is 10.7. The summed E-state index contributed by atoms with van der Waals surface area (Å²) < 4.78 is 17.9. The minimum atomic E-state index is -0.229. The van der Waals surface area contributed by atoms with Crippen molar-refractivity contribution in [1.82, 2.24) is 10.3 Å². The molecule has 3 aromatic rings. The van der Waals surface area contributed by atoms with Crippen LogP contribution in [0.2, 0.25) is 0 Å². The van der Waals surface area contributed by atoms with Crippen molar-refractivity contribution >= 4 is 11.3 Å². The van der Waals surface area contributed by atoms with Gasteiger partial charge in [-0.2, -0.15) is 0 Å². The Morgan fingerprint density at radius 2 is 2.00 bits per heavy atom. The minimum absolute atomic E-state index is 0.229. The summed E-state index contributed by atoms with van der Waals surface area (Å²) in [4.78, 5) is 4.54. The molecule has 0 aliphatic carbocycles. The van der Waals surface area contributed by atoms with Crippen molar-refractivity contribution in [3.05, 3.63) is 65.3 Å². The van der Waals surface area contributed by atoms with Crippen LogP contribution < -0.4 is 5.32 Å². The molecule has 2 aromatic heterocycles. The van der Waals surface area contributed by atoms with Crippen molar-refractivity contribution in [2.24, 2.45) is 0 Å². The predicted molar refractivity (Wildman–Crippen MR) is 76.8 cm³/mol. The first-order valence-electron chi connectivity index (χ1n) is 6.23. The van der Waals surface area contributed by atoms with Crippen LogP contribution in [0.4, 0.5) is 4.39 Å². The molecule has 0 radical (unpaired) electrons. The van der Waals surface area contributed by atoms with E-state index < -0.39 is 0 Å². The van der Waals surface area contributed by atoms with Crippen LogP contribution in [0.5, 0.6) is 0 Å². The molecule has 0 saturated carbocycles. The van der Waals surface area contributed by atoms with Crippen molar-refractivity contribution in [1.29, 1.82) is 0 Å². The van der Waals surface area contributed by atoms with Gasteiger partial charge in [-0.15, -0.1) is 11.3 Å². The van der Waals surface area contributed by atoms with Crippen LogP contribution in [-0.2, 0) is 13.1 Å². The Balaban J connectivity index is 1.60. The molecular weight excluding hydrogens is 275 g/mol. The summed E-state index contributed by atoms with van der Waals surface area (Å²) in [6.07, 6.45) is 3.38. The van der Waals surface area contributed by atoms with Crippen LogP contribution in [0.25, 0.3) is 10.6 Å². The van der Waals surface area contributed by atoms with Gasteiger partial charge < -0.3 is 9.73 Å². The molecule has 0 spiro atoms. The summed E-state index contributed by atoms with van der Waals surface area (Å²) in [7, 11) is 0. The van der Waals surface area contributed by atoms with E-state index in [0.717, 1.165) is 28.4 Å². The predicted octanol–water partition coefficient (Wildman–Crippen LogP) is 3.83. The highest BCUT2D eigenvalue weighted by Crippen LogP contribution is 2.23. The Morgan fingerprint density at radius 1 is 1.15 bits per heavy atom. The molecule has 0 atom stereocenters. The summed E-state index contributed by atoms with van der Waals surface area (Å²) in [5.74, 6) is -0.229. The number of rotatable bonds is 5. The van der Waals surface area contributed by atoms with Crippen molar-refractivity contribution in [2.45, 2.75) is 13.1 Å². The van der Waals surface area contributed by atoms with E-state index in [-0.39, 0.29) is 5.82 Å². The number of benzene rings is 1. The van der Waals surface area contributed by atoms with E-state index in [2.05, 4.69) is 10.3 Å². The molecule has 0 amide bonds. The number of aromatic nitrogens is 1. The fraction of sp³-hybridized carbons (Fsp3) is 0.133. The molecule has 0 aliphatic rings. The molecule has 0 bridgehead atoms. The van der Waals surface area contributed by atoms with Gasteiger partial charge in [-0.05, 0) is 30.3 Å². The maximum atomic E-state index is 12.9. The first-order valence-corrected chi connectivity index (χ1v) is 7.11. The van der Waals surface area contributed by atoms with E-state index in [1.165, 1.54) is 12.1 Å². The molecule has 1 N–H and O–H groups in total. The summed E-state index contributed by atoms with van der Waals surface area (Å²) in [6, 6.07) is 8.33. The summed E-state index contributed by atoms with van der Waals surface area (Å²) in [6.45, 7) is 1.45. The molecule has 3 nitrogen and oxygen atoms in total. The van der Waals surface area contributed by atoms with Crippen LogP contribution in [0.3, 0.4) is 0 Å². The van der Waals surface area contributed by atoms with Gasteiger partial charge in [0.05, 0.1) is 18.2 Å². The van der Waals surface area contributed by atoms with Gasteiger partial charge in [-0.1, -0.05) is 0 Å². The average Bonchev–Trinajstić information content (AvgIpc) is 3.11. The highest BCUT2D eigenvalue weighted by molar-refractivity contribution is 7.13. The zero-order chi connectivity index (χ0) is 13.8. The molecule has 0 aliphatic heterocycles. The second-order valence-corrected chi connectivity index (χ2v) is 5.24. The van der Waals surface area contributed by atoms with E-state index in [9.17, 15) is 4.39 Å². The maximum Gasteiger partial charge on any atom is 0.123 e. The van der Waals surface area contributed by atoms with Gasteiger partial charge in [0.1, 0.15) is 10.8 Å². The molecule has 102 valence electrons. The molecular formula is C15H13FN2OS. The number of nitrogens with one attached hydrogen (secondary N) is 1. The van der Waals surface area contributed by atoms with E-state index in [4.69, 9.17) is 4.42 Å². The van der Waals surface area contributed by atoms with Gasteiger partial charge >= 0.3 is 0 Å². The van der Waals surface area contributed by atoms with Crippen LogP contribution in [-0.4, -0.2) is 4.98 Å². The molecule has 5 heteroatoms. The standard InChI is InChI=1S/C15H13FN2OS/c16-13-3-1-12(2-4-13)15-18-14(10-20-15)8-17-7-11-5-6-19-9-11/h1-6,9-10,17H,7-8H2. The average molecular weight is 288 g/mol. The summed E-state index contributed by atoms with van der Waals surface area (Å²) in [5.41, 5.74) is 3.04. The highest BCUT2D eigenvalue weighted by atomic mass is 32.1.